The number of imidazole rings is 1. The van der Waals surface area contributed by atoms with Crippen LogP contribution in [-0.2, 0) is 13.5 Å². The number of carbonyl (C=O) groups excluding carboxylic acids is 2. The SMILES string of the molecule is CC1CC(=O)c2cc(C(=O)Nc3ccc4c(c3)ncn4C)c(=O)[nH]c2C1. The van der Waals surface area contributed by atoms with E-state index in [1.807, 2.05) is 24.6 Å². The average Bonchev–Trinajstić information content (AvgIpc) is 2.94. The molecule has 0 aliphatic heterocycles. The summed E-state index contributed by atoms with van der Waals surface area (Å²) in [6.07, 6.45) is 2.75. The van der Waals surface area contributed by atoms with E-state index >= 15 is 0 Å². The van der Waals surface area contributed by atoms with Crippen molar-refractivity contribution >= 4 is 28.4 Å². The van der Waals surface area contributed by atoms with Gasteiger partial charge in [0.1, 0.15) is 5.56 Å². The number of rotatable bonds is 2. The third kappa shape index (κ3) is 2.71. The molecule has 2 heterocycles. The van der Waals surface area contributed by atoms with Crippen LogP contribution in [0.1, 0.15) is 39.8 Å². The second-order valence-corrected chi connectivity index (χ2v) is 6.85. The Labute approximate surface area is 149 Å². The maximum Gasteiger partial charge on any atom is 0.261 e. The van der Waals surface area contributed by atoms with E-state index in [1.165, 1.54) is 6.07 Å². The molecule has 1 aliphatic rings. The number of carbonyl (C=O) groups is 2. The lowest BCUT2D eigenvalue weighted by molar-refractivity contribution is 0.0952. The Morgan fingerprint density at radius 3 is 2.88 bits per heavy atom. The second kappa shape index (κ2) is 5.94. The number of aromatic amines is 1. The van der Waals surface area contributed by atoms with Crippen LogP contribution in [0.25, 0.3) is 11.0 Å². The minimum Gasteiger partial charge on any atom is -0.334 e. The van der Waals surface area contributed by atoms with Gasteiger partial charge in [0, 0.05) is 30.4 Å². The first-order valence-electron chi connectivity index (χ1n) is 8.44. The van der Waals surface area contributed by atoms with Crippen LogP contribution in [-0.4, -0.2) is 26.2 Å². The van der Waals surface area contributed by atoms with Gasteiger partial charge in [0.05, 0.1) is 17.4 Å². The fraction of sp³-hybridized carbons (Fsp3) is 0.263. The predicted molar refractivity (Wildman–Crippen MR) is 97.5 cm³/mol. The smallest absolute Gasteiger partial charge is 0.261 e. The van der Waals surface area contributed by atoms with E-state index in [4.69, 9.17) is 0 Å². The molecule has 1 aliphatic carbocycles. The van der Waals surface area contributed by atoms with Crippen LogP contribution < -0.4 is 10.9 Å². The molecule has 7 nitrogen and oxygen atoms in total. The third-order valence-corrected chi connectivity index (χ3v) is 4.74. The first-order valence-corrected chi connectivity index (χ1v) is 8.44. The van der Waals surface area contributed by atoms with Crippen molar-refractivity contribution in [2.75, 3.05) is 5.32 Å². The van der Waals surface area contributed by atoms with Crippen molar-refractivity contribution < 1.29 is 9.59 Å². The Kier molecular flexibility index (Phi) is 3.72. The van der Waals surface area contributed by atoms with Gasteiger partial charge in [-0.1, -0.05) is 6.92 Å². The predicted octanol–water partition coefficient (Wildman–Crippen LogP) is 2.28. The van der Waals surface area contributed by atoms with Crippen molar-refractivity contribution in [3.8, 4) is 0 Å². The van der Waals surface area contributed by atoms with Gasteiger partial charge < -0.3 is 14.9 Å². The molecule has 0 radical (unpaired) electrons. The average molecular weight is 350 g/mol. The van der Waals surface area contributed by atoms with Gasteiger partial charge in [-0.15, -0.1) is 0 Å². The number of nitrogens with one attached hydrogen (secondary N) is 2. The largest absolute Gasteiger partial charge is 0.334 e. The highest BCUT2D eigenvalue weighted by Gasteiger charge is 2.25. The Balaban J connectivity index is 1.66. The van der Waals surface area contributed by atoms with E-state index in [9.17, 15) is 14.4 Å². The molecule has 3 aromatic rings. The van der Waals surface area contributed by atoms with Crippen LogP contribution >= 0.6 is 0 Å². The van der Waals surface area contributed by atoms with Crippen LogP contribution in [0.15, 0.2) is 35.4 Å². The van der Waals surface area contributed by atoms with Crippen LogP contribution in [0.2, 0.25) is 0 Å². The van der Waals surface area contributed by atoms with Gasteiger partial charge in [-0.05, 0) is 36.6 Å². The Bertz CT molecular complexity index is 1110. The molecule has 2 aromatic heterocycles. The van der Waals surface area contributed by atoms with Gasteiger partial charge in [0.2, 0.25) is 0 Å². The first-order chi connectivity index (χ1) is 12.4. The second-order valence-electron chi connectivity index (χ2n) is 6.85. The van der Waals surface area contributed by atoms with Crippen LogP contribution in [0.4, 0.5) is 5.69 Å². The standard InChI is InChI=1S/C19H18N4O3/c1-10-5-14-12(17(24)6-10)8-13(19(26)22-14)18(25)21-11-3-4-16-15(7-11)20-9-23(16)2/h3-4,7-10H,5-6H2,1-2H3,(H,21,25)(H,22,26). The number of aryl methyl sites for hydroxylation is 1. The van der Waals surface area contributed by atoms with Crippen molar-refractivity contribution in [1.29, 1.82) is 0 Å². The molecule has 0 bridgehead atoms. The lowest BCUT2D eigenvalue weighted by Crippen LogP contribution is -2.29. The van der Waals surface area contributed by atoms with Crippen LogP contribution in [0.3, 0.4) is 0 Å². The summed E-state index contributed by atoms with van der Waals surface area (Å²) in [6.45, 7) is 1.97. The lowest BCUT2D eigenvalue weighted by Gasteiger charge is -2.20. The van der Waals surface area contributed by atoms with E-state index in [0.29, 0.717) is 29.8 Å². The normalized spacial score (nSPS) is 16.5. The van der Waals surface area contributed by atoms with E-state index < -0.39 is 11.5 Å². The van der Waals surface area contributed by atoms with Gasteiger partial charge in [0.25, 0.3) is 11.5 Å². The number of nitrogens with zero attached hydrogens (tertiary/aromatic N) is 2. The molecule has 0 saturated carbocycles. The van der Waals surface area contributed by atoms with Crippen molar-refractivity contribution in [3.05, 3.63) is 57.8 Å². The van der Waals surface area contributed by atoms with Gasteiger partial charge in [-0.2, -0.15) is 0 Å². The number of hydrogen-bond donors (Lipinski definition) is 2. The summed E-state index contributed by atoms with van der Waals surface area (Å²) in [5.74, 6) is -0.398. The molecule has 4 rings (SSSR count). The van der Waals surface area contributed by atoms with Crippen LogP contribution in [0.5, 0.6) is 0 Å². The number of ketones is 1. The highest BCUT2D eigenvalue weighted by molar-refractivity contribution is 6.07. The number of benzene rings is 1. The number of amides is 1. The zero-order valence-electron chi connectivity index (χ0n) is 14.5. The Morgan fingerprint density at radius 1 is 1.27 bits per heavy atom. The molecule has 2 N–H and O–H groups in total. The molecule has 1 unspecified atom stereocenters. The van der Waals surface area contributed by atoms with E-state index in [1.54, 1.807) is 18.5 Å². The maximum absolute atomic E-state index is 12.6. The van der Waals surface area contributed by atoms with Crippen LogP contribution in [0, 0.1) is 5.92 Å². The summed E-state index contributed by atoms with van der Waals surface area (Å²) < 4.78 is 1.88. The summed E-state index contributed by atoms with van der Waals surface area (Å²) in [7, 11) is 1.89. The summed E-state index contributed by atoms with van der Waals surface area (Å²) in [5, 5.41) is 2.71. The van der Waals surface area contributed by atoms with E-state index in [2.05, 4.69) is 15.3 Å². The molecule has 26 heavy (non-hydrogen) atoms. The zero-order valence-corrected chi connectivity index (χ0v) is 14.5. The van der Waals surface area contributed by atoms with Gasteiger partial charge in [0.15, 0.2) is 5.78 Å². The fourth-order valence-electron chi connectivity index (χ4n) is 3.41. The number of anilines is 1. The molecule has 1 amide bonds. The summed E-state index contributed by atoms with van der Waals surface area (Å²) in [6, 6.07) is 6.75. The molecular formula is C19H18N4O3. The molecule has 7 heteroatoms. The summed E-state index contributed by atoms with van der Waals surface area (Å²) >= 11 is 0. The molecule has 0 fully saturated rings. The highest BCUT2D eigenvalue weighted by Crippen LogP contribution is 2.24. The molecule has 1 aromatic carbocycles. The molecular weight excluding hydrogens is 332 g/mol. The number of Topliss-reactive ketones (excluding diaryl/α,β-unsaturated/α-hetero) is 1. The summed E-state index contributed by atoms with van der Waals surface area (Å²) in [5.41, 5.74) is 2.73. The first kappa shape index (κ1) is 16.3. The van der Waals surface area contributed by atoms with Gasteiger partial charge in [-0.25, -0.2) is 4.98 Å². The molecule has 1 atom stereocenters. The Hall–Kier alpha value is -3.22. The lowest BCUT2D eigenvalue weighted by atomic mass is 9.86. The van der Waals surface area contributed by atoms with Crippen molar-refractivity contribution in [1.82, 2.24) is 14.5 Å². The quantitative estimate of drug-likeness (QED) is 0.741. The highest BCUT2D eigenvalue weighted by atomic mass is 16.2. The summed E-state index contributed by atoms with van der Waals surface area (Å²) in [4.78, 5) is 44.1. The Morgan fingerprint density at radius 2 is 2.08 bits per heavy atom. The van der Waals surface area contributed by atoms with Gasteiger partial charge >= 0.3 is 0 Å². The van der Waals surface area contributed by atoms with Crippen molar-refractivity contribution in [2.24, 2.45) is 13.0 Å². The number of pyridine rings is 1. The minimum absolute atomic E-state index is 0.0426. The number of aromatic nitrogens is 3. The maximum atomic E-state index is 12.6. The number of H-pyrrole nitrogens is 1. The van der Waals surface area contributed by atoms with Crippen molar-refractivity contribution in [3.63, 3.8) is 0 Å². The number of fused-ring (bicyclic) bond motifs is 2. The molecule has 0 saturated heterocycles. The monoisotopic (exact) mass is 350 g/mol. The van der Waals surface area contributed by atoms with Crippen molar-refractivity contribution in [2.45, 2.75) is 19.8 Å². The zero-order chi connectivity index (χ0) is 18.4. The van der Waals surface area contributed by atoms with E-state index in [0.717, 1.165) is 11.0 Å². The topological polar surface area (TPSA) is 96.8 Å². The van der Waals surface area contributed by atoms with E-state index in [-0.39, 0.29) is 17.3 Å². The fourth-order valence-corrected chi connectivity index (χ4v) is 3.41. The molecule has 0 spiro atoms. The molecule has 132 valence electrons. The number of hydrogen-bond acceptors (Lipinski definition) is 4. The van der Waals surface area contributed by atoms with Gasteiger partial charge in [-0.3, -0.25) is 14.4 Å². The third-order valence-electron chi connectivity index (χ3n) is 4.74. The minimum atomic E-state index is -0.546.